The maximum Gasteiger partial charge on any atom is 0.344 e. The third-order valence-electron chi connectivity index (χ3n) is 4.84. The van der Waals surface area contributed by atoms with Gasteiger partial charge in [-0.25, -0.2) is 4.79 Å². The van der Waals surface area contributed by atoms with Crippen LogP contribution in [0.5, 0.6) is 5.75 Å². The van der Waals surface area contributed by atoms with Crippen LogP contribution < -0.4 is 10.1 Å². The van der Waals surface area contributed by atoms with Crippen LogP contribution in [0.15, 0.2) is 72.8 Å². The first kappa shape index (κ1) is 19.5. The third-order valence-corrected chi connectivity index (χ3v) is 4.84. The summed E-state index contributed by atoms with van der Waals surface area (Å²) in [4.78, 5) is 24.0. The average molecular weight is 402 g/mol. The number of para-hydroxylation sites is 2. The van der Waals surface area contributed by atoms with Crippen LogP contribution in [0.2, 0.25) is 0 Å². The molecule has 1 aromatic heterocycles. The quantitative estimate of drug-likeness (QED) is 0.466. The molecule has 0 aliphatic heterocycles. The Bertz CT molecular complexity index is 1200. The number of carbonyl (C=O) groups is 2. The number of rotatable bonds is 7. The molecular weight excluding hydrogens is 380 g/mol. The van der Waals surface area contributed by atoms with Crippen LogP contribution in [0.3, 0.4) is 0 Å². The maximum atomic E-state index is 12.2. The molecule has 0 spiro atoms. The molecule has 1 N–H and O–H groups in total. The molecule has 152 valence electrons. The Hall–Kier alpha value is -3.80. The van der Waals surface area contributed by atoms with E-state index in [1.165, 1.54) is 0 Å². The molecule has 6 heteroatoms. The average Bonchev–Trinajstić information content (AvgIpc) is 3.10. The van der Waals surface area contributed by atoms with E-state index >= 15 is 0 Å². The van der Waals surface area contributed by atoms with Gasteiger partial charge < -0.3 is 19.4 Å². The van der Waals surface area contributed by atoms with E-state index in [4.69, 9.17) is 9.47 Å². The van der Waals surface area contributed by atoms with Crippen molar-refractivity contribution in [3.8, 4) is 5.75 Å². The normalized spacial score (nSPS) is 10.8. The molecule has 1 amide bonds. The van der Waals surface area contributed by atoms with Crippen molar-refractivity contribution in [2.24, 2.45) is 0 Å². The van der Waals surface area contributed by atoms with E-state index < -0.39 is 11.9 Å². The SMILES string of the molecule is CCn1c2ccccc2c2cc(NC(=O)COC(=O)COc3ccccc3)ccc21. The van der Waals surface area contributed by atoms with Gasteiger partial charge in [-0.15, -0.1) is 0 Å². The molecule has 1 heterocycles. The molecule has 0 fully saturated rings. The van der Waals surface area contributed by atoms with Crippen molar-refractivity contribution in [3.63, 3.8) is 0 Å². The molecule has 3 aromatic carbocycles. The lowest BCUT2D eigenvalue weighted by molar-refractivity contribution is -0.149. The minimum atomic E-state index is -0.601. The van der Waals surface area contributed by atoms with Crippen molar-refractivity contribution < 1.29 is 19.1 Å². The molecule has 4 aromatic rings. The molecule has 0 bridgehead atoms. The fraction of sp³-hybridized carbons (Fsp3) is 0.167. The zero-order valence-corrected chi connectivity index (χ0v) is 16.6. The van der Waals surface area contributed by atoms with Crippen molar-refractivity contribution in [3.05, 3.63) is 72.8 Å². The summed E-state index contributed by atoms with van der Waals surface area (Å²) in [6, 6.07) is 22.9. The fourth-order valence-electron chi connectivity index (χ4n) is 3.52. The highest BCUT2D eigenvalue weighted by Crippen LogP contribution is 2.30. The summed E-state index contributed by atoms with van der Waals surface area (Å²) in [6.07, 6.45) is 0. The highest BCUT2D eigenvalue weighted by molar-refractivity contribution is 6.09. The first-order chi connectivity index (χ1) is 14.7. The van der Waals surface area contributed by atoms with Crippen LogP contribution in [0, 0.1) is 0 Å². The van der Waals surface area contributed by atoms with Crippen LogP contribution in [0.1, 0.15) is 6.92 Å². The topological polar surface area (TPSA) is 69.6 Å². The molecule has 30 heavy (non-hydrogen) atoms. The fourth-order valence-corrected chi connectivity index (χ4v) is 3.52. The zero-order chi connectivity index (χ0) is 20.9. The van der Waals surface area contributed by atoms with E-state index in [2.05, 4.69) is 28.9 Å². The number of aromatic nitrogens is 1. The van der Waals surface area contributed by atoms with E-state index in [9.17, 15) is 9.59 Å². The number of esters is 1. The van der Waals surface area contributed by atoms with Gasteiger partial charge in [0.25, 0.3) is 5.91 Å². The van der Waals surface area contributed by atoms with Gasteiger partial charge in [0.1, 0.15) is 5.75 Å². The number of carbonyl (C=O) groups excluding carboxylic acids is 2. The van der Waals surface area contributed by atoms with Crippen molar-refractivity contribution >= 4 is 39.4 Å². The lowest BCUT2D eigenvalue weighted by Crippen LogP contribution is -2.23. The molecule has 0 saturated carbocycles. The number of benzene rings is 3. The largest absolute Gasteiger partial charge is 0.482 e. The van der Waals surface area contributed by atoms with E-state index in [1.54, 1.807) is 12.1 Å². The van der Waals surface area contributed by atoms with E-state index in [-0.39, 0.29) is 13.2 Å². The summed E-state index contributed by atoms with van der Waals surface area (Å²) in [5.41, 5.74) is 2.93. The van der Waals surface area contributed by atoms with Crippen LogP contribution in [-0.4, -0.2) is 29.7 Å². The summed E-state index contributed by atoms with van der Waals surface area (Å²) in [5.74, 6) is -0.435. The van der Waals surface area contributed by atoms with Gasteiger partial charge in [-0.3, -0.25) is 4.79 Å². The number of aryl methyl sites for hydroxylation is 1. The Morgan fingerprint density at radius 1 is 0.867 bits per heavy atom. The number of hydrogen-bond acceptors (Lipinski definition) is 4. The van der Waals surface area contributed by atoms with E-state index in [0.29, 0.717) is 11.4 Å². The smallest absolute Gasteiger partial charge is 0.344 e. The summed E-state index contributed by atoms with van der Waals surface area (Å²) in [7, 11) is 0. The monoisotopic (exact) mass is 402 g/mol. The van der Waals surface area contributed by atoms with Crippen LogP contribution in [-0.2, 0) is 20.9 Å². The first-order valence-corrected chi connectivity index (χ1v) is 9.80. The second-order valence-electron chi connectivity index (χ2n) is 6.80. The molecule has 0 saturated heterocycles. The molecule has 4 rings (SSSR count). The van der Waals surface area contributed by atoms with Gasteiger partial charge in [0.2, 0.25) is 0 Å². The summed E-state index contributed by atoms with van der Waals surface area (Å²) < 4.78 is 12.5. The number of hydrogen-bond donors (Lipinski definition) is 1. The highest BCUT2D eigenvalue weighted by Gasteiger charge is 2.12. The zero-order valence-electron chi connectivity index (χ0n) is 16.6. The third kappa shape index (κ3) is 4.12. The molecule has 0 aliphatic carbocycles. The summed E-state index contributed by atoms with van der Waals surface area (Å²) in [5, 5.41) is 4.99. The van der Waals surface area contributed by atoms with Gasteiger partial charge in [-0.05, 0) is 43.3 Å². The van der Waals surface area contributed by atoms with Crippen molar-refractivity contribution in [2.45, 2.75) is 13.5 Å². The lowest BCUT2D eigenvalue weighted by Gasteiger charge is -2.08. The number of fused-ring (bicyclic) bond motifs is 3. The Labute approximate surface area is 174 Å². The highest BCUT2D eigenvalue weighted by atomic mass is 16.6. The van der Waals surface area contributed by atoms with Crippen LogP contribution in [0.4, 0.5) is 5.69 Å². The Morgan fingerprint density at radius 3 is 2.40 bits per heavy atom. The Balaban J connectivity index is 1.38. The van der Waals surface area contributed by atoms with Gasteiger partial charge in [0.05, 0.1) is 0 Å². The van der Waals surface area contributed by atoms with Gasteiger partial charge in [-0.1, -0.05) is 36.4 Å². The minimum absolute atomic E-state index is 0.250. The van der Waals surface area contributed by atoms with E-state index in [0.717, 1.165) is 28.4 Å². The van der Waals surface area contributed by atoms with Gasteiger partial charge in [0.15, 0.2) is 13.2 Å². The van der Waals surface area contributed by atoms with Crippen molar-refractivity contribution in [2.75, 3.05) is 18.5 Å². The number of ether oxygens (including phenoxy) is 2. The number of anilines is 1. The number of nitrogens with zero attached hydrogens (tertiary/aromatic N) is 1. The number of nitrogens with one attached hydrogen (secondary N) is 1. The first-order valence-electron chi connectivity index (χ1n) is 9.80. The van der Waals surface area contributed by atoms with Crippen LogP contribution >= 0.6 is 0 Å². The molecule has 0 aliphatic rings. The Kier molecular flexibility index (Phi) is 5.66. The van der Waals surface area contributed by atoms with Crippen molar-refractivity contribution in [1.29, 1.82) is 0 Å². The standard InChI is InChI=1S/C24H22N2O4/c1-2-26-21-11-7-6-10-19(21)20-14-17(12-13-22(20)26)25-23(27)15-30-24(28)16-29-18-8-4-3-5-9-18/h3-14H,2,15-16H2,1H3,(H,25,27). The van der Waals surface area contributed by atoms with E-state index in [1.807, 2.05) is 48.5 Å². The van der Waals surface area contributed by atoms with Gasteiger partial charge >= 0.3 is 5.97 Å². The molecule has 0 atom stereocenters. The molecular formula is C24H22N2O4. The maximum absolute atomic E-state index is 12.2. The second-order valence-corrected chi connectivity index (χ2v) is 6.80. The molecule has 0 unspecified atom stereocenters. The number of amides is 1. The Morgan fingerprint density at radius 2 is 1.60 bits per heavy atom. The van der Waals surface area contributed by atoms with Crippen LogP contribution in [0.25, 0.3) is 21.8 Å². The van der Waals surface area contributed by atoms with Gasteiger partial charge in [0, 0.05) is 34.0 Å². The molecule has 0 radical (unpaired) electrons. The summed E-state index contributed by atoms with van der Waals surface area (Å²) >= 11 is 0. The predicted octanol–water partition coefficient (Wildman–Crippen LogP) is 4.38. The molecule has 6 nitrogen and oxygen atoms in total. The lowest BCUT2D eigenvalue weighted by atomic mass is 10.1. The second kappa shape index (κ2) is 8.69. The van der Waals surface area contributed by atoms with Gasteiger partial charge in [-0.2, -0.15) is 0 Å². The predicted molar refractivity (Wildman–Crippen MR) is 117 cm³/mol. The van der Waals surface area contributed by atoms with Crippen molar-refractivity contribution in [1.82, 2.24) is 4.57 Å². The summed E-state index contributed by atoms with van der Waals surface area (Å²) in [6.45, 7) is 2.35. The minimum Gasteiger partial charge on any atom is -0.482 e.